The van der Waals surface area contributed by atoms with Crippen LogP contribution >= 0.6 is 0 Å². The summed E-state index contributed by atoms with van der Waals surface area (Å²) < 4.78 is 0. The van der Waals surface area contributed by atoms with Gasteiger partial charge >= 0.3 is 5.97 Å². The fourth-order valence-electron chi connectivity index (χ4n) is 8.65. The number of allylic oxidation sites excluding steroid dienone is 7. The molecule has 0 aliphatic heterocycles. The van der Waals surface area contributed by atoms with Crippen LogP contribution in [0.4, 0.5) is 0 Å². The number of ketones is 1. The van der Waals surface area contributed by atoms with Crippen LogP contribution in [0.25, 0.3) is 0 Å². The number of aliphatic hydroxyl groups is 1. The van der Waals surface area contributed by atoms with Gasteiger partial charge in [0.15, 0.2) is 5.76 Å². The number of carbonyl (C=O) groups is 2. The summed E-state index contributed by atoms with van der Waals surface area (Å²) in [6, 6.07) is 0. The standard InChI is InChI=1S/C29H38O4/c1-17-18-7-8-21-27(4,19(18)15-20(30)23(17)31)12-14-29(6)22-16-26(3,24(32)33)10-9-25(22,2)11-13-28(21,29)5/h7-8,15,22,31H,9-14,16H2,1-6H3,(H,32,33)/t22-,25-,26+,27+,28-,29+/m0/s1. The lowest BCUT2D eigenvalue weighted by Gasteiger charge is -2.70. The third-order valence-corrected chi connectivity index (χ3v) is 11.4. The first kappa shape index (κ1) is 22.7. The van der Waals surface area contributed by atoms with Crippen LogP contribution in [0.2, 0.25) is 0 Å². The molecular formula is C29H38O4. The van der Waals surface area contributed by atoms with Crippen LogP contribution in [-0.4, -0.2) is 22.0 Å². The predicted octanol–water partition coefficient (Wildman–Crippen LogP) is 6.70. The van der Waals surface area contributed by atoms with Crippen molar-refractivity contribution in [2.75, 3.05) is 0 Å². The molecule has 0 spiro atoms. The summed E-state index contributed by atoms with van der Waals surface area (Å²) in [6.45, 7) is 13.3. The highest BCUT2D eigenvalue weighted by Crippen LogP contribution is 2.75. The van der Waals surface area contributed by atoms with E-state index in [1.165, 1.54) is 5.57 Å². The lowest BCUT2D eigenvalue weighted by atomic mass is 9.34. The highest BCUT2D eigenvalue weighted by Gasteiger charge is 2.67. The average molecular weight is 451 g/mol. The fraction of sp³-hybridized carbons (Fsp3) is 0.655. The highest BCUT2D eigenvalue weighted by molar-refractivity contribution is 6.06. The molecule has 5 aliphatic rings. The summed E-state index contributed by atoms with van der Waals surface area (Å²) in [5.74, 6) is -0.734. The van der Waals surface area contributed by atoms with Crippen molar-refractivity contribution in [3.8, 4) is 0 Å². The van der Waals surface area contributed by atoms with Crippen molar-refractivity contribution >= 4 is 11.8 Å². The van der Waals surface area contributed by atoms with E-state index in [0.717, 1.165) is 56.1 Å². The molecule has 3 fully saturated rings. The van der Waals surface area contributed by atoms with Crippen LogP contribution in [0, 0.1) is 33.0 Å². The Morgan fingerprint density at radius 2 is 1.64 bits per heavy atom. The third kappa shape index (κ3) is 2.64. The van der Waals surface area contributed by atoms with Gasteiger partial charge in [0.1, 0.15) is 0 Å². The smallest absolute Gasteiger partial charge is 0.309 e. The topological polar surface area (TPSA) is 74.6 Å². The van der Waals surface area contributed by atoms with Gasteiger partial charge in [-0.3, -0.25) is 9.59 Å². The summed E-state index contributed by atoms with van der Waals surface area (Å²) in [4.78, 5) is 24.8. The molecule has 6 atom stereocenters. The number of carboxylic acid groups (broad SMARTS) is 1. The second-order valence-electron chi connectivity index (χ2n) is 12.9. The Bertz CT molecular complexity index is 1100. The normalized spacial score (nSPS) is 46.8. The molecule has 0 radical (unpaired) electrons. The molecule has 0 saturated heterocycles. The second-order valence-corrected chi connectivity index (χ2v) is 12.9. The van der Waals surface area contributed by atoms with Crippen molar-refractivity contribution in [1.82, 2.24) is 0 Å². The number of rotatable bonds is 1. The first-order valence-corrected chi connectivity index (χ1v) is 12.6. The number of fused-ring (bicyclic) bond motifs is 7. The van der Waals surface area contributed by atoms with E-state index in [1.807, 2.05) is 13.8 Å². The zero-order valence-electron chi connectivity index (χ0n) is 21.0. The van der Waals surface area contributed by atoms with Crippen LogP contribution in [0.15, 0.2) is 46.3 Å². The largest absolute Gasteiger partial charge is 0.504 e. The Kier molecular flexibility index (Phi) is 4.48. The zero-order chi connectivity index (χ0) is 24.2. The molecule has 0 aromatic carbocycles. The van der Waals surface area contributed by atoms with Crippen molar-refractivity contribution in [2.24, 2.45) is 33.0 Å². The Morgan fingerprint density at radius 1 is 0.970 bits per heavy atom. The number of carbonyl (C=O) groups excluding carboxylic acids is 1. The molecule has 178 valence electrons. The predicted molar refractivity (Wildman–Crippen MR) is 129 cm³/mol. The van der Waals surface area contributed by atoms with Gasteiger partial charge in [-0.25, -0.2) is 0 Å². The molecule has 0 aromatic rings. The highest BCUT2D eigenvalue weighted by atomic mass is 16.4. The number of aliphatic hydroxyl groups excluding tert-OH is 1. The Hall–Kier alpha value is -2.10. The maximum absolute atomic E-state index is 12.6. The molecule has 0 amide bonds. The van der Waals surface area contributed by atoms with E-state index in [-0.39, 0.29) is 33.2 Å². The minimum atomic E-state index is -0.655. The quantitative estimate of drug-likeness (QED) is 0.466. The summed E-state index contributed by atoms with van der Waals surface area (Å²) in [7, 11) is 0. The molecule has 4 heteroatoms. The van der Waals surface area contributed by atoms with Crippen molar-refractivity contribution in [3.63, 3.8) is 0 Å². The van der Waals surface area contributed by atoms with Gasteiger partial charge < -0.3 is 10.2 Å². The van der Waals surface area contributed by atoms with Crippen LogP contribution < -0.4 is 0 Å². The van der Waals surface area contributed by atoms with E-state index in [2.05, 4.69) is 39.8 Å². The van der Waals surface area contributed by atoms with Crippen molar-refractivity contribution in [1.29, 1.82) is 0 Å². The van der Waals surface area contributed by atoms with Crippen LogP contribution in [0.1, 0.15) is 86.5 Å². The van der Waals surface area contributed by atoms with E-state index < -0.39 is 11.4 Å². The molecule has 0 heterocycles. The van der Waals surface area contributed by atoms with E-state index in [4.69, 9.17) is 0 Å². The molecule has 33 heavy (non-hydrogen) atoms. The lowest BCUT2D eigenvalue weighted by molar-refractivity contribution is -0.178. The van der Waals surface area contributed by atoms with E-state index >= 15 is 0 Å². The number of hydrogen-bond acceptors (Lipinski definition) is 3. The van der Waals surface area contributed by atoms with Crippen LogP contribution in [0.5, 0.6) is 0 Å². The molecule has 5 rings (SSSR count). The number of aliphatic carboxylic acids is 1. The van der Waals surface area contributed by atoms with Crippen LogP contribution in [0.3, 0.4) is 0 Å². The SMILES string of the molecule is CC1=C(O)C(=O)C=C2C1=CC=C1[C@]2(C)CC[C@]2(C)[C@H]3C[C@](C)(C(=O)O)CC[C@@]3(C)CC[C@@]12C. The summed E-state index contributed by atoms with van der Waals surface area (Å²) >= 11 is 0. The van der Waals surface area contributed by atoms with Crippen molar-refractivity contribution in [2.45, 2.75) is 86.5 Å². The maximum Gasteiger partial charge on any atom is 0.309 e. The fourth-order valence-corrected chi connectivity index (χ4v) is 8.65. The van der Waals surface area contributed by atoms with Gasteiger partial charge in [-0.15, -0.1) is 0 Å². The van der Waals surface area contributed by atoms with Gasteiger partial charge in [-0.1, -0.05) is 45.4 Å². The molecule has 0 aromatic heterocycles. The zero-order valence-corrected chi connectivity index (χ0v) is 21.0. The van der Waals surface area contributed by atoms with Crippen molar-refractivity contribution in [3.05, 3.63) is 46.3 Å². The second kappa shape index (κ2) is 6.52. The van der Waals surface area contributed by atoms with E-state index in [0.29, 0.717) is 11.5 Å². The third-order valence-electron chi connectivity index (χ3n) is 11.4. The first-order valence-electron chi connectivity index (χ1n) is 12.6. The minimum absolute atomic E-state index is 0.0000746. The molecular weight excluding hydrogens is 412 g/mol. The summed E-state index contributed by atoms with van der Waals surface area (Å²) in [5.41, 5.74) is 3.33. The van der Waals surface area contributed by atoms with Gasteiger partial charge in [0.25, 0.3) is 0 Å². The van der Waals surface area contributed by atoms with Gasteiger partial charge in [-0.05, 0) is 98.2 Å². The first-order chi connectivity index (χ1) is 15.2. The molecule has 2 N–H and O–H groups in total. The number of carboxylic acids is 1. The average Bonchev–Trinajstić information content (AvgIpc) is 2.75. The van der Waals surface area contributed by atoms with Crippen LogP contribution in [-0.2, 0) is 9.59 Å². The molecule has 0 bridgehead atoms. The summed E-state index contributed by atoms with van der Waals surface area (Å²) in [6.07, 6.45) is 12.7. The lowest BCUT2D eigenvalue weighted by Crippen LogP contribution is -2.62. The monoisotopic (exact) mass is 450 g/mol. The molecule has 5 aliphatic carbocycles. The minimum Gasteiger partial charge on any atom is -0.504 e. The van der Waals surface area contributed by atoms with E-state index in [1.54, 1.807) is 6.08 Å². The maximum atomic E-state index is 12.6. The Balaban J connectivity index is 1.64. The van der Waals surface area contributed by atoms with Gasteiger partial charge in [-0.2, -0.15) is 0 Å². The van der Waals surface area contributed by atoms with Gasteiger partial charge in [0.05, 0.1) is 5.41 Å². The molecule has 0 unspecified atom stereocenters. The Morgan fingerprint density at radius 3 is 2.30 bits per heavy atom. The van der Waals surface area contributed by atoms with Gasteiger partial charge in [0.2, 0.25) is 5.78 Å². The Labute approximate surface area is 197 Å². The summed E-state index contributed by atoms with van der Waals surface area (Å²) in [5, 5.41) is 20.3. The molecule has 3 saturated carbocycles. The van der Waals surface area contributed by atoms with Gasteiger partial charge in [0, 0.05) is 11.0 Å². The number of hydrogen-bond donors (Lipinski definition) is 2. The van der Waals surface area contributed by atoms with Crippen molar-refractivity contribution < 1.29 is 19.8 Å². The molecule has 4 nitrogen and oxygen atoms in total. The van der Waals surface area contributed by atoms with E-state index in [9.17, 15) is 19.8 Å².